The molecule has 0 unspecified atom stereocenters. The molecule has 4 heteroatoms. The molecular weight excluding hydrogens is 380 g/mol. The van der Waals surface area contributed by atoms with Gasteiger partial charge in [0.2, 0.25) is 0 Å². The van der Waals surface area contributed by atoms with Gasteiger partial charge in [0, 0.05) is 22.8 Å². The van der Waals surface area contributed by atoms with Crippen molar-refractivity contribution in [3.63, 3.8) is 0 Å². The Morgan fingerprint density at radius 1 is 0.931 bits per heavy atom. The Bertz CT molecular complexity index is 1050. The highest BCUT2D eigenvalue weighted by Crippen LogP contribution is 2.27. The van der Waals surface area contributed by atoms with Crippen molar-refractivity contribution in [3.8, 4) is 11.1 Å². The highest BCUT2D eigenvalue weighted by molar-refractivity contribution is 6.30. The minimum Gasteiger partial charge on any atom is -0.322 e. The van der Waals surface area contributed by atoms with Crippen LogP contribution in [0.5, 0.6) is 0 Å². The molecule has 1 aliphatic rings. The van der Waals surface area contributed by atoms with Crippen LogP contribution in [0.3, 0.4) is 0 Å². The molecular formula is C25H23ClN2O. The number of carbonyl (C=O) groups is 1. The van der Waals surface area contributed by atoms with Gasteiger partial charge in [-0.3, -0.25) is 4.79 Å². The van der Waals surface area contributed by atoms with E-state index in [2.05, 4.69) is 28.8 Å². The molecule has 1 amide bonds. The lowest BCUT2D eigenvalue weighted by Crippen LogP contribution is -2.14. The number of anilines is 1. The van der Waals surface area contributed by atoms with Crippen molar-refractivity contribution in [1.82, 2.24) is 5.32 Å². The predicted molar refractivity (Wildman–Crippen MR) is 122 cm³/mol. The fourth-order valence-electron chi connectivity index (χ4n) is 3.65. The monoisotopic (exact) mass is 402 g/mol. The van der Waals surface area contributed by atoms with Crippen LogP contribution >= 0.6 is 11.6 Å². The van der Waals surface area contributed by atoms with Crippen LogP contribution in [0.15, 0.2) is 72.3 Å². The Hall–Kier alpha value is -2.88. The lowest BCUT2D eigenvalue weighted by Gasteiger charge is -2.17. The normalized spacial score (nSPS) is 12.8. The van der Waals surface area contributed by atoms with Gasteiger partial charge >= 0.3 is 0 Å². The number of hydrogen-bond donors (Lipinski definition) is 2. The zero-order chi connectivity index (χ0) is 20.2. The van der Waals surface area contributed by atoms with Crippen LogP contribution in [0, 0.1) is 0 Å². The van der Waals surface area contributed by atoms with Crippen LogP contribution in [0.25, 0.3) is 17.2 Å². The first-order valence-corrected chi connectivity index (χ1v) is 10.1. The number of aryl methyl sites for hydroxylation is 1. The van der Waals surface area contributed by atoms with Crippen LogP contribution in [-0.4, -0.2) is 19.5 Å². The number of amides is 1. The first-order valence-electron chi connectivity index (χ1n) is 9.77. The lowest BCUT2D eigenvalue weighted by molar-refractivity contribution is 0.102. The van der Waals surface area contributed by atoms with Gasteiger partial charge in [-0.15, -0.1) is 0 Å². The maximum atomic E-state index is 12.7. The summed E-state index contributed by atoms with van der Waals surface area (Å²) in [4.78, 5) is 12.7. The second kappa shape index (κ2) is 8.64. The first kappa shape index (κ1) is 19.4. The smallest absolute Gasteiger partial charge is 0.255 e. The van der Waals surface area contributed by atoms with Crippen molar-refractivity contribution in [2.75, 3.05) is 18.9 Å². The number of hydrogen-bond acceptors (Lipinski definition) is 2. The van der Waals surface area contributed by atoms with E-state index in [0.29, 0.717) is 10.6 Å². The molecule has 146 valence electrons. The maximum Gasteiger partial charge on any atom is 0.255 e. The Kier molecular flexibility index (Phi) is 5.79. The molecule has 0 spiro atoms. The van der Waals surface area contributed by atoms with Gasteiger partial charge in [0.1, 0.15) is 0 Å². The van der Waals surface area contributed by atoms with Crippen molar-refractivity contribution < 1.29 is 4.79 Å². The largest absolute Gasteiger partial charge is 0.322 e. The standard InChI is InChI=1S/C25H23ClN2O/c1-27-16-17-2-3-22-15-24(13-10-21(22)14-17)28-25(29)20-6-4-18(5-7-20)19-8-11-23(26)12-9-19/h4-15,27H,2-3,16H2,1H3,(H,28,29). The van der Waals surface area contributed by atoms with E-state index in [0.717, 1.165) is 36.2 Å². The molecule has 0 saturated carbocycles. The van der Waals surface area contributed by atoms with Gasteiger partial charge in [-0.05, 0) is 78.5 Å². The molecule has 3 nitrogen and oxygen atoms in total. The van der Waals surface area contributed by atoms with Gasteiger partial charge < -0.3 is 10.6 Å². The molecule has 3 aromatic rings. The highest BCUT2D eigenvalue weighted by atomic mass is 35.5. The molecule has 0 bridgehead atoms. The van der Waals surface area contributed by atoms with E-state index in [1.807, 2.05) is 61.6 Å². The van der Waals surface area contributed by atoms with Crippen LogP contribution < -0.4 is 10.6 Å². The summed E-state index contributed by atoms with van der Waals surface area (Å²) in [5.41, 5.74) is 7.53. The van der Waals surface area contributed by atoms with Crippen molar-refractivity contribution in [3.05, 3.63) is 94.0 Å². The van der Waals surface area contributed by atoms with Crippen molar-refractivity contribution in [1.29, 1.82) is 0 Å². The Balaban J connectivity index is 1.46. The summed E-state index contributed by atoms with van der Waals surface area (Å²) in [7, 11) is 1.97. The van der Waals surface area contributed by atoms with Crippen LogP contribution in [0.2, 0.25) is 5.02 Å². The van der Waals surface area contributed by atoms with E-state index >= 15 is 0 Å². The third-order valence-electron chi connectivity index (χ3n) is 5.20. The van der Waals surface area contributed by atoms with Crippen LogP contribution in [0.1, 0.15) is 27.9 Å². The predicted octanol–water partition coefficient (Wildman–Crippen LogP) is 5.81. The number of carbonyl (C=O) groups excluding carboxylic acids is 1. The molecule has 1 aliphatic carbocycles. The molecule has 0 heterocycles. The van der Waals surface area contributed by atoms with E-state index in [9.17, 15) is 4.79 Å². The van der Waals surface area contributed by atoms with Gasteiger partial charge in [0.15, 0.2) is 0 Å². The van der Waals surface area contributed by atoms with Gasteiger partial charge in [0.05, 0.1) is 0 Å². The van der Waals surface area contributed by atoms with Crippen LogP contribution in [0.4, 0.5) is 5.69 Å². The number of benzene rings is 3. The Labute approximate surface area is 176 Å². The molecule has 0 fully saturated rings. The number of halogens is 1. The average Bonchev–Trinajstić information content (AvgIpc) is 2.75. The van der Waals surface area contributed by atoms with E-state index in [4.69, 9.17) is 11.6 Å². The zero-order valence-electron chi connectivity index (χ0n) is 16.3. The minimum absolute atomic E-state index is 0.102. The summed E-state index contributed by atoms with van der Waals surface area (Å²) in [6.07, 6.45) is 4.30. The summed E-state index contributed by atoms with van der Waals surface area (Å²) in [5.74, 6) is -0.102. The fourth-order valence-corrected chi connectivity index (χ4v) is 3.78. The summed E-state index contributed by atoms with van der Waals surface area (Å²) >= 11 is 5.95. The molecule has 4 rings (SSSR count). The Morgan fingerprint density at radius 3 is 2.31 bits per heavy atom. The summed E-state index contributed by atoms with van der Waals surface area (Å²) < 4.78 is 0. The zero-order valence-corrected chi connectivity index (χ0v) is 17.1. The molecule has 0 radical (unpaired) electrons. The number of nitrogens with one attached hydrogen (secondary N) is 2. The summed E-state index contributed by atoms with van der Waals surface area (Å²) in [6, 6.07) is 21.4. The minimum atomic E-state index is -0.102. The highest BCUT2D eigenvalue weighted by Gasteiger charge is 2.12. The Morgan fingerprint density at radius 2 is 1.62 bits per heavy atom. The van der Waals surface area contributed by atoms with E-state index in [1.54, 1.807) is 0 Å². The molecule has 0 aliphatic heterocycles. The second-order valence-corrected chi connectivity index (χ2v) is 7.72. The van der Waals surface area contributed by atoms with E-state index in [1.165, 1.54) is 16.7 Å². The summed E-state index contributed by atoms with van der Waals surface area (Å²) in [6.45, 7) is 0.921. The molecule has 3 aromatic carbocycles. The van der Waals surface area contributed by atoms with Gasteiger partial charge in [-0.2, -0.15) is 0 Å². The summed E-state index contributed by atoms with van der Waals surface area (Å²) in [5, 5.41) is 6.94. The topological polar surface area (TPSA) is 41.1 Å². The molecule has 2 N–H and O–H groups in total. The third-order valence-corrected chi connectivity index (χ3v) is 5.46. The molecule has 0 atom stereocenters. The maximum absolute atomic E-state index is 12.7. The first-order chi connectivity index (χ1) is 14.1. The SMILES string of the molecule is CNCC1=Cc2ccc(NC(=O)c3ccc(-c4ccc(Cl)cc4)cc3)cc2CC1. The van der Waals surface area contributed by atoms with Crippen molar-refractivity contribution >= 4 is 29.3 Å². The fraction of sp³-hybridized carbons (Fsp3) is 0.160. The van der Waals surface area contributed by atoms with Gasteiger partial charge in [-0.1, -0.05) is 53.6 Å². The third kappa shape index (κ3) is 4.58. The van der Waals surface area contributed by atoms with Gasteiger partial charge in [-0.25, -0.2) is 0 Å². The van der Waals surface area contributed by atoms with E-state index in [-0.39, 0.29) is 5.91 Å². The van der Waals surface area contributed by atoms with Crippen molar-refractivity contribution in [2.24, 2.45) is 0 Å². The number of likely N-dealkylation sites (N-methyl/N-ethyl adjacent to an activating group) is 1. The number of rotatable bonds is 5. The lowest BCUT2D eigenvalue weighted by atomic mass is 9.92. The molecule has 29 heavy (non-hydrogen) atoms. The van der Waals surface area contributed by atoms with Crippen LogP contribution in [-0.2, 0) is 6.42 Å². The van der Waals surface area contributed by atoms with Crippen molar-refractivity contribution in [2.45, 2.75) is 12.8 Å². The van der Waals surface area contributed by atoms with E-state index < -0.39 is 0 Å². The molecule has 0 saturated heterocycles. The second-order valence-electron chi connectivity index (χ2n) is 7.28. The number of fused-ring (bicyclic) bond motifs is 1. The van der Waals surface area contributed by atoms with Gasteiger partial charge in [0.25, 0.3) is 5.91 Å². The average molecular weight is 403 g/mol. The quantitative estimate of drug-likeness (QED) is 0.565. The molecule has 0 aromatic heterocycles.